The average molecular weight is 851 g/mol. The number of aliphatic hydroxyl groups is 1. The Bertz CT molecular complexity index is 2520. The molecule has 3 saturated heterocycles. The number of aromatic nitrogens is 4. The van der Waals surface area contributed by atoms with Gasteiger partial charge in [0.2, 0.25) is 27.8 Å². The van der Waals surface area contributed by atoms with E-state index in [-0.39, 0.29) is 36.2 Å². The Hall–Kier alpha value is -4.97. The lowest BCUT2D eigenvalue weighted by molar-refractivity contribution is -0.121. The molecule has 10 rings (SSSR count). The number of nitrogens with one attached hydrogen (secondary N) is 2. The highest BCUT2D eigenvalue weighted by atomic mass is 32.2. The number of carbonyl (C=O) groups excluding carboxylic acids is 3. The SMILES string of the molecule is C[C@@H]1CN(S(=O)(=O)c2cccc(CN3CCC(c4ccc5c(N6CCC(=O)NC6=O)nn(C)c5c4)CC3)c2)CC[C@@H]1Nc1ncc2c(n1)N([C@@H]1CCC[C@@H](O)C1)C(=O)C21CC1. The van der Waals surface area contributed by atoms with E-state index in [4.69, 9.17) is 4.98 Å². The van der Waals surface area contributed by atoms with E-state index in [0.717, 1.165) is 80.1 Å². The van der Waals surface area contributed by atoms with Gasteiger partial charge in [-0.25, -0.2) is 18.2 Å². The summed E-state index contributed by atoms with van der Waals surface area (Å²) in [6.07, 6.45) is 8.79. The van der Waals surface area contributed by atoms with Gasteiger partial charge in [-0.3, -0.25) is 34.3 Å². The number of anilines is 3. The molecule has 0 radical (unpaired) electrons. The molecule has 2 aromatic carbocycles. The fourth-order valence-corrected chi connectivity index (χ4v) is 12.2. The molecule has 4 amide bonds. The van der Waals surface area contributed by atoms with E-state index in [1.807, 2.05) is 36.2 Å². The second-order valence-electron chi connectivity index (χ2n) is 18.2. The smallest absolute Gasteiger partial charge is 0.329 e. The molecule has 5 fully saturated rings. The number of hydrogen-bond acceptors (Lipinski definition) is 11. The Morgan fingerprint density at radius 2 is 1.79 bits per heavy atom. The van der Waals surface area contributed by atoms with Crippen molar-refractivity contribution in [3.05, 3.63) is 65.4 Å². The van der Waals surface area contributed by atoms with Crippen LogP contribution in [0.1, 0.15) is 93.7 Å². The summed E-state index contributed by atoms with van der Waals surface area (Å²) in [5.74, 6) is 1.83. The molecular weight excluding hydrogens is 797 g/mol. The van der Waals surface area contributed by atoms with Crippen LogP contribution in [0.25, 0.3) is 10.9 Å². The number of nitrogens with zero attached hydrogens (tertiary/aromatic N) is 8. The number of imide groups is 1. The average Bonchev–Trinajstić information content (AvgIpc) is 3.94. The normalized spacial score (nSPS) is 26.2. The first kappa shape index (κ1) is 40.1. The number of aliphatic hydroxyl groups excluding tert-OH is 1. The maximum atomic E-state index is 14.1. The zero-order chi connectivity index (χ0) is 42.2. The molecule has 0 bridgehead atoms. The lowest BCUT2D eigenvalue weighted by Crippen LogP contribution is -2.49. The topological polar surface area (TPSA) is 186 Å². The third-order valence-electron chi connectivity index (χ3n) is 14.2. The van der Waals surface area contributed by atoms with Gasteiger partial charge in [-0.1, -0.05) is 25.1 Å². The molecule has 1 spiro atoms. The van der Waals surface area contributed by atoms with Gasteiger partial charge in [0, 0.05) is 68.9 Å². The van der Waals surface area contributed by atoms with Crippen molar-refractivity contribution >= 4 is 56.4 Å². The first-order chi connectivity index (χ1) is 29.4. The first-order valence-corrected chi connectivity index (χ1v) is 23.4. The van der Waals surface area contributed by atoms with Crippen LogP contribution in [-0.4, -0.2) is 111 Å². The summed E-state index contributed by atoms with van der Waals surface area (Å²) >= 11 is 0. The largest absolute Gasteiger partial charge is 0.393 e. The number of urea groups is 1. The standard InChI is InChI=1S/C44H54N10O6S/c1-27-25-52(19-13-36(27)46-42-45-24-35-40(48-42)54(41(57)44(35)15-16-44)31-6-4-7-32(55)23-31)61(59,60)33-8-3-5-28(21-33)26-51-17-11-29(12-18-51)30-9-10-34-37(22-30)50(2)49-39(34)53-20-14-38(56)47-43(53)58/h3,5,8-10,21-22,24,27,29,31-32,36,55H,4,6-7,11-20,23,25-26H2,1-2H3,(H,45,46,48)(H,47,56,58)/t27-,31-,32-,36+/m1/s1. The number of hydrogen-bond donors (Lipinski definition) is 3. The minimum absolute atomic E-state index is 0.0189. The molecule has 4 atom stereocenters. The third kappa shape index (κ3) is 7.26. The monoisotopic (exact) mass is 850 g/mol. The van der Waals surface area contributed by atoms with Crippen molar-refractivity contribution in [1.82, 2.24) is 34.3 Å². The fourth-order valence-electron chi connectivity index (χ4n) is 10.5. The Kier molecular flexibility index (Phi) is 10.2. The van der Waals surface area contributed by atoms with Crippen LogP contribution in [0.2, 0.25) is 0 Å². The number of aryl methyl sites for hydroxylation is 1. The lowest BCUT2D eigenvalue weighted by Gasteiger charge is -2.37. The number of amides is 4. The van der Waals surface area contributed by atoms with Crippen LogP contribution in [0.15, 0.2) is 53.6 Å². The van der Waals surface area contributed by atoms with Crippen LogP contribution in [0.5, 0.6) is 0 Å². The van der Waals surface area contributed by atoms with Crippen LogP contribution in [0.3, 0.4) is 0 Å². The molecule has 2 aliphatic carbocycles. The highest BCUT2D eigenvalue weighted by molar-refractivity contribution is 7.89. The van der Waals surface area contributed by atoms with Gasteiger partial charge < -0.3 is 10.4 Å². The summed E-state index contributed by atoms with van der Waals surface area (Å²) in [7, 11) is -1.86. The van der Waals surface area contributed by atoms with Gasteiger partial charge in [0.05, 0.1) is 21.9 Å². The van der Waals surface area contributed by atoms with Gasteiger partial charge in [0.1, 0.15) is 5.82 Å². The van der Waals surface area contributed by atoms with Gasteiger partial charge in [-0.05, 0) is 118 Å². The minimum Gasteiger partial charge on any atom is -0.393 e. The summed E-state index contributed by atoms with van der Waals surface area (Å²) in [6.45, 7) is 5.49. The van der Waals surface area contributed by atoms with Crippen molar-refractivity contribution in [3.8, 4) is 0 Å². The van der Waals surface area contributed by atoms with E-state index < -0.39 is 27.6 Å². The third-order valence-corrected chi connectivity index (χ3v) is 16.1. The molecule has 3 N–H and O–H groups in total. The maximum absolute atomic E-state index is 14.1. The highest BCUT2D eigenvalue weighted by Crippen LogP contribution is 2.57. The second-order valence-corrected chi connectivity index (χ2v) is 20.2. The van der Waals surface area contributed by atoms with Gasteiger partial charge in [-0.2, -0.15) is 14.4 Å². The summed E-state index contributed by atoms with van der Waals surface area (Å²) < 4.78 is 31.6. The first-order valence-electron chi connectivity index (χ1n) is 21.9. The molecular formula is C44H54N10O6S. The number of carbonyl (C=O) groups is 3. The van der Waals surface area contributed by atoms with Gasteiger partial charge in [-0.15, -0.1) is 0 Å². The minimum atomic E-state index is -3.73. The van der Waals surface area contributed by atoms with Gasteiger partial charge in [0.15, 0.2) is 5.82 Å². The van der Waals surface area contributed by atoms with E-state index in [9.17, 15) is 27.9 Å². The summed E-state index contributed by atoms with van der Waals surface area (Å²) in [5.41, 5.74) is 3.52. The summed E-state index contributed by atoms with van der Waals surface area (Å²) in [4.78, 5) is 53.6. The number of sulfonamides is 1. The predicted molar refractivity (Wildman–Crippen MR) is 229 cm³/mol. The van der Waals surface area contributed by atoms with Crippen molar-refractivity contribution in [2.45, 2.75) is 112 Å². The van der Waals surface area contributed by atoms with Crippen molar-refractivity contribution in [2.24, 2.45) is 13.0 Å². The summed E-state index contributed by atoms with van der Waals surface area (Å²) in [6, 6.07) is 13.1. The molecule has 61 heavy (non-hydrogen) atoms. The van der Waals surface area contributed by atoms with Gasteiger partial charge >= 0.3 is 6.03 Å². The molecule has 322 valence electrons. The van der Waals surface area contributed by atoms with E-state index in [2.05, 4.69) is 44.7 Å². The zero-order valence-electron chi connectivity index (χ0n) is 34.8. The van der Waals surface area contributed by atoms with E-state index in [1.165, 1.54) is 10.5 Å². The van der Waals surface area contributed by atoms with E-state index in [0.29, 0.717) is 67.4 Å². The number of rotatable bonds is 9. The molecule has 2 saturated carbocycles. The maximum Gasteiger partial charge on any atom is 0.329 e. The van der Waals surface area contributed by atoms with Crippen LogP contribution >= 0.6 is 0 Å². The van der Waals surface area contributed by atoms with Crippen molar-refractivity contribution in [3.63, 3.8) is 0 Å². The Balaban J connectivity index is 0.754. The van der Waals surface area contributed by atoms with Crippen molar-refractivity contribution < 1.29 is 27.9 Å². The number of piperidine rings is 2. The van der Waals surface area contributed by atoms with Crippen LogP contribution in [0, 0.1) is 5.92 Å². The fraction of sp³-hybridized carbons (Fsp3) is 0.545. The Morgan fingerprint density at radius 1 is 0.967 bits per heavy atom. The van der Waals surface area contributed by atoms with Crippen LogP contribution < -0.4 is 20.4 Å². The Morgan fingerprint density at radius 3 is 2.54 bits per heavy atom. The molecule has 16 nitrogen and oxygen atoms in total. The number of benzene rings is 2. The second kappa shape index (κ2) is 15.4. The van der Waals surface area contributed by atoms with E-state index in [1.54, 1.807) is 21.3 Å². The van der Waals surface area contributed by atoms with Crippen LogP contribution in [0.4, 0.5) is 22.4 Å². The molecule has 0 unspecified atom stereocenters. The zero-order valence-corrected chi connectivity index (χ0v) is 35.6. The highest BCUT2D eigenvalue weighted by Gasteiger charge is 2.61. The number of likely N-dealkylation sites (tertiary alicyclic amines) is 1. The Labute approximate surface area is 355 Å². The van der Waals surface area contributed by atoms with Crippen LogP contribution in [-0.2, 0) is 38.6 Å². The molecule has 6 aliphatic rings. The predicted octanol–water partition coefficient (Wildman–Crippen LogP) is 4.38. The quantitative estimate of drug-likeness (QED) is 0.217. The number of fused-ring (bicyclic) bond motifs is 3. The molecule has 2 aromatic heterocycles. The van der Waals surface area contributed by atoms with Crippen molar-refractivity contribution in [2.75, 3.05) is 47.8 Å². The lowest BCUT2D eigenvalue weighted by atomic mass is 9.89. The molecule has 17 heteroatoms. The van der Waals surface area contributed by atoms with E-state index >= 15 is 0 Å². The van der Waals surface area contributed by atoms with Gasteiger partial charge in [0.25, 0.3) is 0 Å². The summed E-state index contributed by atoms with van der Waals surface area (Å²) in [5, 5.41) is 21.8. The molecule has 6 heterocycles. The molecule has 4 aliphatic heterocycles. The van der Waals surface area contributed by atoms with Crippen molar-refractivity contribution in [1.29, 1.82) is 0 Å². The molecule has 4 aromatic rings.